The second kappa shape index (κ2) is 7.23. The van der Waals surface area contributed by atoms with Crippen molar-refractivity contribution >= 4 is 5.69 Å². The van der Waals surface area contributed by atoms with Crippen molar-refractivity contribution in [2.45, 2.75) is 25.9 Å². The maximum atomic E-state index is 12.4. The van der Waals surface area contributed by atoms with E-state index in [9.17, 15) is 13.9 Å². The number of pyridine rings is 1. The van der Waals surface area contributed by atoms with Crippen molar-refractivity contribution in [3.8, 4) is 0 Å². The molecule has 1 aromatic rings. The molecule has 0 spiro atoms. The van der Waals surface area contributed by atoms with Crippen LogP contribution in [-0.2, 0) is 0 Å². The third kappa shape index (κ3) is 4.19. The van der Waals surface area contributed by atoms with E-state index in [1.807, 2.05) is 6.92 Å². The Labute approximate surface area is 105 Å². The Morgan fingerprint density at radius 3 is 2.56 bits per heavy atom. The number of rotatable bonds is 7. The number of nitrogens with zero attached hydrogens (tertiary/aromatic N) is 2. The fraction of sp³-hybridized carbons (Fsp3) is 0.583. The molecular formula is C12H18F2N2O2. The minimum atomic E-state index is -2.47. The van der Waals surface area contributed by atoms with E-state index < -0.39 is 19.1 Å². The predicted octanol–water partition coefficient (Wildman–Crippen LogP) is 1.59. The van der Waals surface area contributed by atoms with Gasteiger partial charge in [-0.3, -0.25) is 4.98 Å². The van der Waals surface area contributed by atoms with Crippen molar-refractivity contribution in [2.75, 3.05) is 24.6 Å². The van der Waals surface area contributed by atoms with Crippen LogP contribution in [0.25, 0.3) is 0 Å². The number of hydrogen-bond donors (Lipinski definition) is 2. The highest BCUT2D eigenvalue weighted by Gasteiger charge is 2.13. The lowest BCUT2D eigenvalue weighted by atomic mass is 10.2. The van der Waals surface area contributed by atoms with E-state index in [1.165, 1.54) is 11.1 Å². The molecule has 102 valence electrons. The van der Waals surface area contributed by atoms with E-state index in [-0.39, 0.29) is 13.2 Å². The van der Waals surface area contributed by atoms with E-state index in [4.69, 9.17) is 5.11 Å². The van der Waals surface area contributed by atoms with Gasteiger partial charge in [-0.05, 0) is 18.6 Å². The molecule has 2 N–H and O–H groups in total. The fourth-order valence-electron chi connectivity index (χ4n) is 1.60. The average Bonchev–Trinajstić information content (AvgIpc) is 2.37. The maximum absolute atomic E-state index is 12.4. The first-order chi connectivity index (χ1) is 8.58. The number of aromatic nitrogens is 1. The Hall–Kier alpha value is -1.27. The summed E-state index contributed by atoms with van der Waals surface area (Å²) in [7, 11) is 0. The Morgan fingerprint density at radius 2 is 2.11 bits per heavy atom. The first-order valence-corrected chi connectivity index (χ1v) is 5.86. The minimum absolute atomic E-state index is 0.127. The second-order valence-corrected chi connectivity index (χ2v) is 3.93. The zero-order chi connectivity index (χ0) is 13.5. The first-order valence-electron chi connectivity index (χ1n) is 5.86. The van der Waals surface area contributed by atoms with Crippen LogP contribution in [-0.4, -0.2) is 41.3 Å². The lowest BCUT2D eigenvalue weighted by Crippen LogP contribution is -2.31. The normalized spacial score (nSPS) is 12.8. The van der Waals surface area contributed by atoms with E-state index in [0.717, 1.165) is 0 Å². The molecule has 0 aromatic carbocycles. The SMILES string of the molecule is CC[C@@H](O)c1ccc(N(CCO)CC(F)F)cn1. The van der Waals surface area contributed by atoms with Gasteiger partial charge < -0.3 is 15.1 Å². The molecule has 0 aliphatic rings. The Kier molecular flexibility index (Phi) is 5.94. The Bertz CT molecular complexity index is 346. The summed E-state index contributed by atoms with van der Waals surface area (Å²) in [6, 6.07) is 3.23. The van der Waals surface area contributed by atoms with Crippen molar-refractivity contribution in [2.24, 2.45) is 0 Å². The lowest BCUT2D eigenvalue weighted by Gasteiger charge is -2.23. The smallest absolute Gasteiger partial charge is 0.255 e. The quantitative estimate of drug-likeness (QED) is 0.781. The van der Waals surface area contributed by atoms with E-state index in [0.29, 0.717) is 17.8 Å². The summed E-state index contributed by atoms with van der Waals surface area (Å²) in [5.74, 6) is 0. The second-order valence-electron chi connectivity index (χ2n) is 3.93. The molecule has 0 radical (unpaired) electrons. The van der Waals surface area contributed by atoms with Crippen molar-refractivity contribution in [3.63, 3.8) is 0 Å². The van der Waals surface area contributed by atoms with Crippen molar-refractivity contribution in [1.82, 2.24) is 4.98 Å². The number of hydrogen-bond acceptors (Lipinski definition) is 4. The molecule has 1 rings (SSSR count). The summed E-state index contributed by atoms with van der Waals surface area (Å²) in [5.41, 5.74) is 1.03. The van der Waals surface area contributed by atoms with Gasteiger partial charge in [0.25, 0.3) is 6.43 Å². The molecule has 1 aromatic heterocycles. The highest BCUT2D eigenvalue weighted by molar-refractivity contribution is 5.44. The van der Waals surface area contributed by atoms with Gasteiger partial charge >= 0.3 is 0 Å². The van der Waals surface area contributed by atoms with Crippen molar-refractivity contribution in [1.29, 1.82) is 0 Å². The summed E-state index contributed by atoms with van der Waals surface area (Å²) in [6.45, 7) is 1.31. The van der Waals surface area contributed by atoms with Crippen LogP contribution in [0.3, 0.4) is 0 Å². The molecule has 18 heavy (non-hydrogen) atoms. The fourth-order valence-corrected chi connectivity index (χ4v) is 1.60. The molecule has 4 nitrogen and oxygen atoms in total. The van der Waals surface area contributed by atoms with Crippen LogP contribution in [0.1, 0.15) is 25.1 Å². The van der Waals surface area contributed by atoms with Crippen LogP contribution < -0.4 is 4.90 Å². The molecule has 6 heteroatoms. The molecular weight excluding hydrogens is 242 g/mol. The molecule has 1 atom stereocenters. The lowest BCUT2D eigenvalue weighted by molar-refractivity contribution is 0.152. The van der Waals surface area contributed by atoms with Crippen molar-refractivity contribution < 1.29 is 19.0 Å². The molecule has 0 amide bonds. The number of aliphatic hydroxyl groups excluding tert-OH is 2. The maximum Gasteiger partial charge on any atom is 0.255 e. The third-order valence-corrected chi connectivity index (χ3v) is 2.59. The summed E-state index contributed by atoms with van der Waals surface area (Å²) in [5, 5.41) is 18.4. The number of anilines is 1. The Morgan fingerprint density at radius 1 is 1.39 bits per heavy atom. The van der Waals surface area contributed by atoms with Crippen LogP contribution in [0, 0.1) is 0 Å². The molecule has 0 aliphatic carbocycles. The minimum Gasteiger partial charge on any atom is -0.395 e. The van der Waals surface area contributed by atoms with Crippen LogP contribution in [0.2, 0.25) is 0 Å². The molecule has 1 heterocycles. The highest BCUT2D eigenvalue weighted by atomic mass is 19.3. The van der Waals surface area contributed by atoms with Gasteiger partial charge in [0.15, 0.2) is 0 Å². The van der Waals surface area contributed by atoms with Gasteiger partial charge in [0, 0.05) is 6.54 Å². The summed E-state index contributed by atoms with van der Waals surface area (Å²) >= 11 is 0. The zero-order valence-electron chi connectivity index (χ0n) is 10.3. The van der Waals surface area contributed by atoms with Gasteiger partial charge in [-0.1, -0.05) is 6.92 Å². The van der Waals surface area contributed by atoms with Crippen LogP contribution in [0.15, 0.2) is 18.3 Å². The van der Waals surface area contributed by atoms with Gasteiger partial charge in [-0.15, -0.1) is 0 Å². The Balaban J connectivity index is 2.79. The summed E-state index contributed by atoms with van der Waals surface area (Å²) in [4.78, 5) is 5.40. The van der Waals surface area contributed by atoms with Gasteiger partial charge in [0.05, 0.1) is 36.8 Å². The third-order valence-electron chi connectivity index (χ3n) is 2.59. The molecule has 0 bridgehead atoms. The predicted molar refractivity (Wildman–Crippen MR) is 64.8 cm³/mol. The molecule has 0 saturated heterocycles. The van der Waals surface area contributed by atoms with Crippen LogP contribution in [0.4, 0.5) is 14.5 Å². The van der Waals surface area contributed by atoms with Crippen LogP contribution >= 0.6 is 0 Å². The largest absolute Gasteiger partial charge is 0.395 e. The number of halogens is 2. The molecule has 0 unspecified atom stereocenters. The number of aliphatic hydroxyl groups is 2. The molecule has 0 fully saturated rings. The summed E-state index contributed by atoms with van der Waals surface area (Å²) in [6.07, 6.45) is -1.13. The topological polar surface area (TPSA) is 56.6 Å². The van der Waals surface area contributed by atoms with Crippen molar-refractivity contribution in [3.05, 3.63) is 24.0 Å². The standard InChI is InChI=1S/C12H18F2N2O2/c1-2-11(18)10-4-3-9(7-15-10)16(5-6-17)8-12(13)14/h3-4,7,11-12,17-18H,2,5-6,8H2,1H3/t11-/m1/s1. The zero-order valence-corrected chi connectivity index (χ0v) is 10.3. The number of alkyl halides is 2. The van der Waals surface area contributed by atoms with Gasteiger partial charge in [-0.2, -0.15) is 0 Å². The van der Waals surface area contributed by atoms with E-state index in [2.05, 4.69) is 4.98 Å². The highest BCUT2D eigenvalue weighted by Crippen LogP contribution is 2.18. The monoisotopic (exact) mass is 260 g/mol. The average molecular weight is 260 g/mol. The molecule has 0 aliphatic heterocycles. The van der Waals surface area contributed by atoms with Gasteiger partial charge in [0.2, 0.25) is 0 Å². The van der Waals surface area contributed by atoms with Gasteiger partial charge in [-0.25, -0.2) is 8.78 Å². The van der Waals surface area contributed by atoms with Crippen LogP contribution in [0.5, 0.6) is 0 Å². The molecule has 0 saturated carbocycles. The van der Waals surface area contributed by atoms with E-state index >= 15 is 0 Å². The first kappa shape index (κ1) is 14.8. The van der Waals surface area contributed by atoms with E-state index in [1.54, 1.807) is 12.1 Å². The summed E-state index contributed by atoms with van der Waals surface area (Å²) < 4.78 is 24.7. The van der Waals surface area contributed by atoms with Gasteiger partial charge in [0.1, 0.15) is 0 Å².